The first-order valence-electron chi connectivity index (χ1n) is 8.68. The summed E-state index contributed by atoms with van der Waals surface area (Å²) in [6.07, 6.45) is 0.546. The molecule has 25 heavy (non-hydrogen) atoms. The maximum Gasteiger partial charge on any atom is 0.104 e. The Kier molecular flexibility index (Phi) is 4.53. The largest absolute Gasteiger partial charge is 0.394 e. The molecule has 3 heteroatoms. The van der Waals surface area contributed by atoms with Crippen LogP contribution in [0.5, 0.6) is 0 Å². The van der Waals surface area contributed by atoms with Crippen LogP contribution in [0, 0.1) is 0 Å². The normalized spacial score (nSPS) is 13.2. The zero-order valence-electron chi connectivity index (χ0n) is 14.4. The van der Waals surface area contributed by atoms with Crippen molar-refractivity contribution in [2.24, 2.45) is 0 Å². The lowest BCUT2D eigenvalue weighted by Crippen LogP contribution is -2.24. The van der Waals surface area contributed by atoms with E-state index in [9.17, 15) is 5.11 Å². The molecule has 0 radical (unpaired) electrons. The van der Waals surface area contributed by atoms with Crippen molar-refractivity contribution < 1.29 is 14.6 Å². The minimum Gasteiger partial charge on any atom is -0.394 e. The van der Waals surface area contributed by atoms with Gasteiger partial charge in [-0.1, -0.05) is 54.6 Å². The molecule has 4 aromatic rings. The second-order valence-electron chi connectivity index (χ2n) is 6.46. The molecular weight excluding hydrogens is 312 g/mol. The van der Waals surface area contributed by atoms with Gasteiger partial charge in [0.1, 0.15) is 6.10 Å². The van der Waals surface area contributed by atoms with E-state index in [0.29, 0.717) is 13.2 Å². The second-order valence-corrected chi connectivity index (χ2v) is 6.46. The van der Waals surface area contributed by atoms with Crippen LogP contribution < -0.4 is 0 Å². The number of rotatable bonds is 7. The number of benzene rings is 4. The van der Waals surface area contributed by atoms with Crippen LogP contribution in [0.1, 0.15) is 5.56 Å². The van der Waals surface area contributed by atoms with Crippen LogP contribution in [-0.2, 0) is 15.9 Å². The van der Waals surface area contributed by atoms with Gasteiger partial charge in [-0.05, 0) is 44.3 Å². The molecule has 0 bridgehead atoms. The number of aliphatic hydroxyl groups is 1. The van der Waals surface area contributed by atoms with E-state index in [1.54, 1.807) is 7.11 Å². The summed E-state index contributed by atoms with van der Waals surface area (Å²) in [7, 11) is 1.62. The molecule has 0 aliphatic heterocycles. The van der Waals surface area contributed by atoms with E-state index in [1.165, 1.54) is 37.9 Å². The molecule has 3 nitrogen and oxygen atoms in total. The summed E-state index contributed by atoms with van der Waals surface area (Å²) < 4.78 is 10.8. The van der Waals surface area contributed by atoms with Gasteiger partial charge in [-0.25, -0.2) is 0 Å². The van der Waals surface area contributed by atoms with E-state index in [4.69, 9.17) is 9.47 Å². The molecule has 0 aliphatic carbocycles. The third kappa shape index (κ3) is 2.95. The topological polar surface area (TPSA) is 38.7 Å². The number of hydrogen-bond donors (Lipinski definition) is 1. The molecule has 1 unspecified atom stereocenters. The molecule has 128 valence electrons. The van der Waals surface area contributed by atoms with Crippen LogP contribution in [-0.4, -0.2) is 38.1 Å². The van der Waals surface area contributed by atoms with Crippen LogP contribution in [0.3, 0.4) is 0 Å². The minimum absolute atomic E-state index is 0.0232. The molecule has 0 aromatic heterocycles. The Morgan fingerprint density at radius 3 is 2.40 bits per heavy atom. The molecule has 0 amide bonds. The minimum atomic E-state index is -0.263. The van der Waals surface area contributed by atoms with Crippen LogP contribution >= 0.6 is 0 Å². The number of hydrogen-bond acceptors (Lipinski definition) is 3. The molecule has 0 heterocycles. The van der Waals surface area contributed by atoms with E-state index in [1.807, 2.05) is 0 Å². The van der Waals surface area contributed by atoms with Gasteiger partial charge >= 0.3 is 0 Å². The second kappa shape index (κ2) is 6.96. The van der Waals surface area contributed by atoms with E-state index < -0.39 is 0 Å². The van der Waals surface area contributed by atoms with E-state index >= 15 is 0 Å². The van der Waals surface area contributed by atoms with Gasteiger partial charge < -0.3 is 14.6 Å². The van der Waals surface area contributed by atoms with Gasteiger partial charge in [-0.2, -0.15) is 0 Å². The van der Waals surface area contributed by atoms with Crippen molar-refractivity contribution in [1.82, 2.24) is 0 Å². The Morgan fingerprint density at radius 2 is 1.64 bits per heavy atom. The lowest BCUT2D eigenvalue weighted by molar-refractivity contribution is -0.0297. The fraction of sp³-hybridized carbons (Fsp3) is 0.273. The van der Waals surface area contributed by atoms with Gasteiger partial charge in [0.2, 0.25) is 0 Å². The molecule has 0 fully saturated rings. The highest BCUT2D eigenvalue weighted by atomic mass is 16.5. The Morgan fingerprint density at radius 1 is 0.920 bits per heavy atom. The molecule has 1 N–H and O–H groups in total. The standard InChI is InChI=1S/C22H22O3/c1-24-14-19(13-23)25-11-10-17-12-18-6-2-4-15-8-9-16-5-3-7-20(17)22(16)21(15)18/h2-9,12,19,23H,10-11,13-14H2,1H3. The zero-order chi connectivity index (χ0) is 17.2. The molecule has 4 rings (SSSR count). The molecule has 1 atom stereocenters. The van der Waals surface area contributed by atoms with Crippen molar-refractivity contribution in [2.45, 2.75) is 12.5 Å². The van der Waals surface area contributed by atoms with Crippen molar-refractivity contribution in [1.29, 1.82) is 0 Å². The first kappa shape index (κ1) is 16.3. The molecule has 0 saturated carbocycles. The van der Waals surface area contributed by atoms with Crippen molar-refractivity contribution >= 4 is 32.3 Å². The predicted molar refractivity (Wildman–Crippen MR) is 103 cm³/mol. The predicted octanol–water partition coefficient (Wildman–Crippen LogP) is 4.15. The lowest BCUT2D eigenvalue weighted by atomic mass is 9.90. The Labute approximate surface area is 147 Å². The average molecular weight is 334 g/mol. The summed E-state index contributed by atoms with van der Waals surface area (Å²) in [6.45, 7) is 0.951. The highest BCUT2D eigenvalue weighted by molar-refractivity contribution is 6.23. The monoisotopic (exact) mass is 334 g/mol. The lowest BCUT2D eigenvalue weighted by Gasteiger charge is -2.17. The van der Waals surface area contributed by atoms with Crippen molar-refractivity contribution in [3.8, 4) is 0 Å². The third-order valence-electron chi connectivity index (χ3n) is 4.87. The molecule has 0 spiro atoms. The summed E-state index contributed by atoms with van der Waals surface area (Å²) in [4.78, 5) is 0. The van der Waals surface area contributed by atoms with Crippen LogP contribution in [0.4, 0.5) is 0 Å². The maximum absolute atomic E-state index is 9.33. The molecule has 4 aromatic carbocycles. The SMILES string of the molecule is COCC(CO)OCCc1cc2cccc3ccc4cccc1c4c32. The van der Waals surface area contributed by atoms with Crippen molar-refractivity contribution in [3.63, 3.8) is 0 Å². The van der Waals surface area contributed by atoms with Gasteiger partial charge in [0.05, 0.1) is 19.8 Å². The fourth-order valence-corrected chi connectivity index (χ4v) is 3.72. The fourth-order valence-electron chi connectivity index (χ4n) is 3.72. The zero-order valence-corrected chi connectivity index (χ0v) is 14.4. The van der Waals surface area contributed by atoms with Gasteiger partial charge in [0.25, 0.3) is 0 Å². The quantitative estimate of drug-likeness (QED) is 0.516. The average Bonchev–Trinajstić information content (AvgIpc) is 2.66. The third-order valence-corrected chi connectivity index (χ3v) is 4.87. The highest BCUT2D eigenvalue weighted by Gasteiger charge is 2.12. The van der Waals surface area contributed by atoms with Crippen LogP contribution in [0.2, 0.25) is 0 Å². The van der Waals surface area contributed by atoms with Crippen LogP contribution in [0.25, 0.3) is 32.3 Å². The molecular formula is C22H22O3. The maximum atomic E-state index is 9.33. The molecule has 0 aliphatic rings. The van der Waals surface area contributed by atoms with Crippen molar-refractivity contribution in [3.05, 3.63) is 60.2 Å². The first-order chi connectivity index (χ1) is 12.3. The highest BCUT2D eigenvalue weighted by Crippen LogP contribution is 2.36. The number of aliphatic hydroxyl groups excluding tert-OH is 1. The number of ether oxygens (including phenoxy) is 2. The van der Waals surface area contributed by atoms with Crippen molar-refractivity contribution in [2.75, 3.05) is 26.9 Å². The Hall–Kier alpha value is -2.20. The smallest absolute Gasteiger partial charge is 0.104 e. The Bertz CT molecular complexity index is 992. The van der Waals surface area contributed by atoms with E-state index in [0.717, 1.165) is 6.42 Å². The van der Waals surface area contributed by atoms with Gasteiger partial charge in [0, 0.05) is 7.11 Å². The molecule has 0 saturated heterocycles. The summed E-state index contributed by atoms with van der Waals surface area (Å²) in [5.74, 6) is 0. The summed E-state index contributed by atoms with van der Waals surface area (Å²) in [5.41, 5.74) is 1.28. The van der Waals surface area contributed by atoms with Crippen LogP contribution in [0.15, 0.2) is 54.6 Å². The summed E-state index contributed by atoms with van der Waals surface area (Å²) >= 11 is 0. The first-order valence-corrected chi connectivity index (χ1v) is 8.68. The van der Waals surface area contributed by atoms with Gasteiger partial charge in [0.15, 0.2) is 0 Å². The summed E-state index contributed by atoms with van der Waals surface area (Å²) in [6, 6.07) is 19.6. The summed E-state index contributed by atoms with van der Waals surface area (Å²) in [5, 5.41) is 17.1. The van der Waals surface area contributed by atoms with Gasteiger partial charge in [-0.3, -0.25) is 0 Å². The van der Waals surface area contributed by atoms with Gasteiger partial charge in [-0.15, -0.1) is 0 Å². The van der Waals surface area contributed by atoms with E-state index in [2.05, 4.69) is 54.6 Å². The number of methoxy groups -OCH3 is 1. The van der Waals surface area contributed by atoms with E-state index in [-0.39, 0.29) is 12.7 Å². The Balaban J connectivity index is 1.73.